The number of aryl methyl sites for hydroxylation is 7. The molecular weight excluding hydrogens is 1240 g/mol. The van der Waals surface area contributed by atoms with E-state index in [4.69, 9.17) is 5.11 Å². The lowest BCUT2D eigenvalue weighted by molar-refractivity contribution is -0.275. The zero-order chi connectivity index (χ0) is 67.2. The Morgan fingerprint density at radius 2 is 0.723 bits per heavy atom. The van der Waals surface area contributed by atoms with Gasteiger partial charge in [0.15, 0.2) is 0 Å². The first-order chi connectivity index (χ1) is 44.8. The van der Waals surface area contributed by atoms with Gasteiger partial charge >= 0.3 is 19.1 Å². The first kappa shape index (κ1) is 67.3. The Labute approximate surface area is 529 Å². The van der Waals surface area contributed by atoms with Gasteiger partial charge in [0.1, 0.15) is 17.2 Å². The minimum absolute atomic E-state index is 0.177. The van der Waals surface area contributed by atoms with Crippen LogP contribution in [0.1, 0.15) is 34.2 Å². The Morgan fingerprint density at radius 3 is 1.05 bits per heavy atom. The molecule has 94 heavy (non-hydrogen) atoms. The van der Waals surface area contributed by atoms with Crippen molar-refractivity contribution in [3.8, 4) is 50.6 Å². The number of alkyl halides is 9. The number of ether oxygens (including phenoxy) is 3. The molecule has 0 saturated heterocycles. The van der Waals surface area contributed by atoms with Crippen LogP contribution in [-0.2, 0) is 32.4 Å². The summed E-state index contributed by atoms with van der Waals surface area (Å²) < 4.78 is 125. The molecule has 0 aliphatic carbocycles. The minimum atomic E-state index is -4.74. The fourth-order valence-corrected chi connectivity index (χ4v) is 9.62. The highest BCUT2D eigenvalue weighted by molar-refractivity contribution is 5.88. The maximum atomic E-state index is 12.9. The van der Waals surface area contributed by atoms with E-state index in [2.05, 4.69) is 49.6 Å². The predicted molar refractivity (Wildman–Crippen MR) is 336 cm³/mol. The summed E-state index contributed by atoms with van der Waals surface area (Å²) in [5.74, 6) is -0.888. The number of hydrogen-bond acceptors (Lipinski definition) is 13. The minimum Gasteiger partial charge on any atom is -0.406 e. The third-order valence-electron chi connectivity index (χ3n) is 14.0. The van der Waals surface area contributed by atoms with Crippen molar-refractivity contribution in [1.82, 2.24) is 44.7 Å². The van der Waals surface area contributed by atoms with Crippen molar-refractivity contribution in [3.05, 3.63) is 266 Å². The van der Waals surface area contributed by atoms with Crippen molar-refractivity contribution in [3.63, 3.8) is 0 Å². The normalized spacial score (nSPS) is 11.4. The van der Waals surface area contributed by atoms with Gasteiger partial charge in [-0.1, -0.05) is 91.0 Å². The van der Waals surface area contributed by atoms with Gasteiger partial charge in [-0.2, -0.15) is 15.3 Å². The molecule has 6 heterocycles. The lowest BCUT2D eigenvalue weighted by Gasteiger charge is -2.10. The predicted octanol–water partition coefficient (Wildman–Crippen LogP) is 14.2. The van der Waals surface area contributed by atoms with Crippen LogP contribution in [0.3, 0.4) is 0 Å². The molecule has 12 aromatic rings. The summed E-state index contributed by atoms with van der Waals surface area (Å²) >= 11 is 0. The smallest absolute Gasteiger partial charge is 0.406 e. The van der Waals surface area contributed by atoms with E-state index in [-0.39, 0.29) is 40.5 Å². The van der Waals surface area contributed by atoms with Gasteiger partial charge < -0.3 is 19.3 Å². The number of pyridine rings is 3. The Hall–Kier alpha value is -11.1. The number of fused-ring (bicyclic) bond motifs is 3. The van der Waals surface area contributed by atoms with Crippen LogP contribution in [0.2, 0.25) is 0 Å². The molecule has 0 aliphatic rings. The molecule has 0 unspecified atom stereocenters. The highest BCUT2D eigenvalue weighted by Gasteiger charge is 2.32. The van der Waals surface area contributed by atoms with Gasteiger partial charge in [0, 0.05) is 76.2 Å². The van der Waals surface area contributed by atoms with Crippen LogP contribution in [0, 0.1) is 20.8 Å². The maximum absolute atomic E-state index is 12.9. The monoisotopic (exact) mass is 1290 g/mol. The summed E-state index contributed by atoms with van der Waals surface area (Å²) in [6.45, 7) is 6.72. The van der Waals surface area contributed by atoms with Gasteiger partial charge in [-0.05, 0) is 145 Å². The number of aliphatic hydroxyl groups excluding tert-OH is 1. The van der Waals surface area contributed by atoms with Crippen molar-refractivity contribution < 1.29 is 58.8 Å². The number of aromatic amines is 1. The molecule has 12 rings (SSSR count). The van der Waals surface area contributed by atoms with Crippen LogP contribution in [0.15, 0.2) is 215 Å². The second-order valence-electron chi connectivity index (χ2n) is 21.0. The number of benzene rings is 6. The van der Waals surface area contributed by atoms with Gasteiger partial charge in [-0.15, -0.1) is 39.5 Å². The molecule has 16 nitrogen and oxygen atoms in total. The Morgan fingerprint density at radius 1 is 0.404 bits per heavy atom. The van der Waals surface area contributed by atoms with Gasteiger partial charge in [0.05, 0.1) is 47.8 Å². The number of halogens is 9. The molecule has 0 spiro atoms. The van der Waals surface area contributed by atoms with Crippen LogP contribution < -0.4 is 30.9 Å². The lowest BCUT2D eigenvalue weighted by atomic mass is 10.0. The topological polar surface area (TPSA) is 202 Å². The van der Waals surface area contributed by atoms with E-state index in [0.717, 1.165) is 34.2 Å². The molecular formula is C69H56F9N9O7. The molecule has 0 atom stereocenters. The van der Waals surface area contributed by atoms with E-state index in [1.165, 1.54) is 88.4 Å². The molecule has 0 fully saturated rings. The standard InChI is InChI=1S/2C23H18F3N3O2.C15H9F3N2O2.C8H11NO/c2*1-15-3-2-4-19(28-15)11-12-29-22(30)21-13-17(5-6-18(21)14-27-29)16-7-9-20(10-8-16)31-23(24,25)26;16-15(17,18)22-12-5-3-9(4-6-12)10-1-2-11-8-19-20-14(21)13(11)7-10;1-7-3-2-4-8(9-7)5-6-10/h2*2-10,13-14H,11-12H2,1H3;1-8H,(H,20,21);2-4,10H,5-6H2,1H3. The van der Waals surface area contributed by atoms with Gasteiger partial charge in [0.2, 0.25) is 0 Å². The summed E-state index contributed by atoms with van der Waals surface area (Å²) in [6.07, 6.45) is -7.62. The summed E-state index contributed by atoms with van der Waals surface area (Å²) in [5, 5.41) is 26.6. The zero-order valence-corrected chi connectivity index (χ0v) is 50.2. The molecule has 2 N–H and O–H groups in total. The van der Waals surface area contributed by atoms with E-state index in [1.54, 1.807) is 67.0 Å². The molecule has 25 heteroatoms. The summed E-state index contributed by atoms with van der Waals surface area (Å²) in [5.41, 5.74) is 8.90. The molecule has 6 aromatic carbocycles. The van der Waals surface area contributed by atoms with Crippen LogP contribution >= 0.6 is 0 Å². The van der Waals surface area contributed by atoms with Gasteiger partial charge in [0.25, 0.3) is 16.7 Å². The number of H-pyrrole nitrogens is 1. The van der Waals surface area contributed by atoms with E-state index in [0.29, 0.717) is 98.1 Å². The molecule has 0 aliphatic heterocycles. The van der Waals surface area contributed by atoms with Crippen molar-refractivity contribution in [2.75, 3.05) is 6.61 Å². The number of aliphatic hydroxyl groups is 1. The second-order valence-corrected chi connectivity index (χ2v) is 21.0. The third kappa shape index (κ3) is 19.2. The molecule has 6 aromatic heterocycles. The van der Waals surface area contributed by atoms with Crippen LogP contribution in [0.5, 0.6) is 17.2 Å². The Kier molecular flexibility index (Phi) is 21.4. The van der Waals surface area contributed by atoms with E-state index in [9.17, 15) is 53.9 Å². The Bertz CT molecular complexity index is 4550. The fourth-order valence-electron chi connectivity index (χ4n) is 9.62. The lowest BCUT2D eigenvalue weighted by Crippen LogP contribution is -2.24. The number of aromatic nitrogens is 9. The average Bonchev–Trinajstić information content (AvgIpc) is 0.811. The SMILES string of the molecule is Cc1cccc(CCO)n1.Cc1cccc(CCn2ncc3ccc(-c4ccc(OC(F)(F)F)cc4)cc3c2=O)n1.Cc1cccc(CCn2ncc3ccc(-c4ccc(OC(F)(F)F)cc4)cc3c2=O)n1.O=c1[nH]ncc2ccc(-c3ccc(OC(F)(F)F)cc3)cc12. The van der Waals surface area contributed by atoms with E-state index >= 15 is 0 Å². The maximum Gasteiger partial charge on any atom is 0.573 e. The average molecular weight is 1290 g/mol. The molecule has 0 radical (unpaired) electrons. The second kappa shape index (κ2) is 29.9. The molecule has 0 saturated carbocycles. The number of nitrogens with zero attached hydrogens (tertiary/aromatic N) is 8. The third-order valence-corrected chi connectivity index (χ3v) is 14.0. The number of hydrogen-bond donors (Lipinski definition) is 2. The van der Waals surface area contributed by atoms with Crippen LogP contribution in [0.25, 0.3) is 65.7 Å². The quantitative estimate of drug-likeness (QED) is 0.0975. The number of nitrogens with one attached hydrogen (secondary N) is 1. The first-order valence-corrected chi connectivity index (χ1v) is 28.8. The fraction of sp³-hybridized carbons (Fsp3) is 0.174. The summed E-state index contributed by atoms with van der Waals surface area (Å²) in [7, 11) is 0. The van der Waals surface area contributed by atoms with Gasteiger partial charge in [-0.25, -0.2) is 14.5 Å². The van der Waals surface area contributed by atoms with E-state index < -0.39 is 19.1 Å². The molecule has 0 amide bonds. The first-order valence-electron chi connectivity index (χ1n) is 28.8. The van der Waals surface area contributed by atoms with Gasteiger partial charge in [-0.3, -0.25) is 29.3 Å². The summed E-state index contributed by atoms with van der Waals surface area (Å²) in [4.78, 5) is 50.7. The zero-order valence-electron chi connectivity index (χ0n) is 50.2. The molecule has 0 bridgehead atoms. The molecule has 482 valence electrons. The van der Waals surface area contributed by atoms with Crippen LogP contribution in [0.4, 0.5) is 39.5 Å². The van der Waals surface area contributed by atoms with Crippen molar-refractivity contribution in [2.45, 2.75) is 72.2 Å². The highest BCUT2D eigenvalue weighted by atomic mass is 19.4. The van der Waals surface area contributed by atoms with Crippen molar-refractivity contribution in [1.29, 1.82) is 0 Å². The van der Waals surface area contributed by atoms with Crippen molar-refractivity contribution in [2.24, 2.45) is 0 Å². The largest absolute Gasteiger partial charge is 0.573 e. The Balaban J connectivity index is 0.000000156. The highest BCUT2D eigenvalue weighted by Crippen LogP contribution is 2.31. The van der Waals surface area contributed by atoms with Crippen molar-refractivity contribution >= 4 is 32.3 Å². The van der Waals surface area contributed by atoms with Crippen LogP contribution in [-0.4, -0.2) is 75.5 Å². The van der Waals surface area contributed by atoms with E-state index in [1.807, 2.05) is 75.4 Å². The summed E-state index contributed by atoms with van der Waals surface area (Å²) in [6, 6.07) is 49.5. The number of rotatable bonds is 14.